The van der Waals surface area contributed by atoms with Gasteiger partial charge in [0, 0.05) is 6.26 Å². The average Bonchev–Trinajstić information content (AvgIpc) is 2.26. The van der Waals surface area contributed by atoms with Crippen LogP contribution in [0.2, 0.25) is 0 Å². The fraction of sp³-hybridized carbons (Fsp3) is 0.455. The predicted molar refractivity (Wildman–Crippen MR) is 61.4 cm³/mol. The molecule has 0 heterocycles. The van der Waals surface area contributed by atoms with Crippen LogP contribution in [0.25, 0.3) is 0 Å². The highest BCUT2D eigenvalue weighted by Crippen LogP contribution is 2.27. The van der Waals surface area contributed by atoms with Gasteiger partial charge in [0.15, 0.2) is 0 Å². The van der Waals surface area contributed by atoms with Gasteiger partial charge in [-0.25, -0.2) is 8.42 Å². The van der Waals surface area contributed by atoms with Gasteiger partial charge < -0.3 is 4.74 Å². The summed E-state index contributed by atoms with van der Waals surface area (Å²) in [7, 11) is -3.12. The van der Waals surface area contributed by atoms with Gasteiger partial charge in [-0.3, -0.25) is 0 Å². The predicted octanol–water partition coefficient (Wildman–Crippen LogP) is 2.51. The number of aryl methyl sites for hydroxylation is 1. The van der Waals surface area contributed by atoms with Gasteiger partial charge in [-0.15, -0.1) is 0 Å². The van der Waals surface area contributed by atoms with Crippen molar-refractivity contribution in [2.24, 2.45) is 0 Å². The molecule has 0 N–H and O–H groups in total. The van der Waals surface area contributed by atoms with E-state index < -0.39 is 28.1 Å². The summed E-state index contributed by atoms with van der Waals surface area (Å²) in [6.45, 7) is 0. The van der Waals surface area contributed by atoms with Gasteiger partial charge in [0.2, 0.25) is 0 Å². The van der Waals surface area contributed by atoms with Crippen LogP contribution in [0, 0.1) is 0 Å². The van der Waals surface area contributed by atoms with E-state index >= 15 is 0 Å². The van der Waals surface area contributed by atoms with Crippen molar-refractivity contribution in [3.05, 3.63) is 29.8 Å². The molecule has 0 saturated carbocycles. The number of alkyl halides is 4. The number of rotatable bonds is 6. The van der Waals surface area contributed by atoms with E-state index in [1.807, 2.05) is 0 Å². The van der Waals surface area contributed by atoms with Gasteiger partial charge in [-0.2, -0.15) is 17.6 Å². The average molecular weight is 300 g/mol. The third kappa shape index (κ3) is 5.46. The summed E-state index contributed by atoms with van der Waals surface area (Å²) in [5.41, 5.74) is 0.582. The quantitative estimate of drug-likeness (QED) is 0.758. The molecule has 0 aromatic heterocycles. The minimum atomic E-state index is -4.55. The minimum Gasteiger partial charge on any atom is -0.428 e. The highest BCUT2D eigenvalue weighted by molar-refractivity contribution is 7.90. The molecule has 1 aromatic rings. The Balaban J connectivity index is 2.67. The molecule has 0 spiro atoms. The highest BCUT2D eigenvalue weighted by atomic mass is 32.2. The maximum absolute atomic E-state index is 12.6. The lowest BCUT2D eigenvalue weighted by Crippen LogP contribution is -2.33. The van der Waals surface area contributed by atoms with E-state index in [1.54, 1.807) is 0 Å². The zero-order chi connectivity index (χ0) is 14.7. The van der Waals surface area contributed by atoms with Crippen LogP contribution >= 0.6 is 0 Å². The maximum Gasteiger partial charge on any atom is 0.461 e. The molecular weight excluding hydrogens is 288 g/mol. The van der Waals surface area contributed by atoms with Gasteiger partial charge in [0.25, 0.3) is 0 Å². The Morgan fingerprint density at radius 3 is 2.16 bits per heavy atom. The summed E-state index contributed by atoms with van der Waals surface area (Å²) in [4.78, 5) is 0. The Hall–Kier alpha value is -1.31. The molecule has 0 aliphatic carbocycles. The van der Waals surface area contributed by atoms with Gasteiger partial charge in [-0.05, 0) is 24.1 Å². The van der Waals surface area contributed by atoms with Crippen molar-refractivity contribution >= 4 is 9.84 Å². The van der Waals surface area contributed by atoms with Crippen LogP contribution in [0.5, 0.6) is 5.75 Å². The smallest absolute Gasteiger partial charge is 0.428 e. The van der Waals surface area contributed by atoms with E-state index in [9.17, 15) is 26.0 Å². The lowest BCUT2D eigenvalue weighted by molar-refractivity contribution is -0.253. The zero-order valence-corrected chi connectivity index (χ0v) is 10.8. The summed E-state index contributed by atoms with van der Waals surface area (Å²) >= 11 is 0. The topological polar surface area (TPSA) is 43.4 Å². The van der Waals surface area contributed by atoms with Crippen molar-refractivity contribution in [2.45, 2.75) is 19.0 Å². The first kappa shape index (κ1) is 15.7. The third-order valence-electron chi connectivity index (χ3n) is 2.19. The fourth-order valence-corrected chi connectivity index (χ4v) is 1.84. The molecule has 1 aromatic carbocycles. The number of hydrogen-bond donors (Lipinski definition) is 0. The second-order valence-corrected chi connectivity index (χ2v) is 6.25. The van der Waals surface area contributed by atoms with Crippen molar-refractivity contribution < 1.29 is 30.7 Å². The molecule has 0 unspecified atom stereocenters. The first-order chi connectivity index (χ1) is 8.60. The second kappa shape index (κ2) is 5.77. The maximum atomic E-state index is 12.6. The largest absolute Gasteiger partial charge is 0.461 e. The number of hydrogen-bond acceptors (Lipinski definition) is 3. The Kier molecular flexibility index (Phi) is 4.78. The SMILES string of the molecule is CS(=O)(=O)CCc1ccc(OC(F)(F)C(F)F)cc1. The summed E-state index contributed by atoms with van der Waals surface area (Å²) in [6, 6.07) is 4.88. The van der Waals surface area contributed by atoms with Crippen molar-refractivity contribution in [3.63, 3.8) is 0 Å². The third-order valence-corrected chi connectivity index (χ3v) is 3.14. The standard InChI is InChI=1S/C11H12F4O3S/c1-19(16,17)7-6-8-2-4-9(5-3-8)18-11(14,15)10(12)13/h2-5,10H,6-7H2,1H3. The lowest BCUT2D eigenvalue weighted by atomic mass is 10.2. The van der Waals surface area contributed by atoms with Crippen molar-refractivity contribution in [2.75, 3.05) is 12.0 Å². The van der Waals surface area contributed by atoms with E-state index in [-0.39, 0.29) is 12.2 Å². The van der Waals surface area contributed by atoms with Crippen LogP contribution in [-0.4, -0.2) is 33.0 Å². The van der Waals surface area contributed by atoms with Crippen LogP contribution in [0.4, 0.5) is 17.6 Å². The number of sulfone groups is 1. The molecule has 3 nitrogen and oxygen atoms in total. The molecule has 0 fully saturated rings. The molecule has 0 aliphatic rings. The van der Waals surface area contributed by atoms with E-state index in [4.69, 9.17) is 0 Å². The number of halogens is 4. The summed E-state index contributed by atoms with van der Waals surface area (Å²) in [6.07, 6.45) is -7.18. The van der Waals surface area contributed by atoms with E-state index in [0.717, 1.165) is 18.4 Å². The Morgan fingerprint density at radius 1 is 1.21 bits per heavy atom. The van der Waals surface area contributed by atoms with E-state index in [1.165, 1.54) is 12.1 Å². The molecule has 0 aliphatic heterocycles. The van der Waals surface area contributed by atoms with Crippen LogP contribution in [0.3, 0.4) is 0 Å². The molecule has 8 heteroatoms. The van der Waals surface area contributed by atoms with E-state index in [0.29, 0.717) is 5.56 Å². The monoisotopic (exact) mass is 300 g/mol. The summed E-state index contributed by atoms with van der Waals surface area (Å²) in [5.74, 6) is -0.492. The highest BCUT2D eigenvalue weighted by Gasteiger charge is 2.43. The van der Waals surface area contributed by atoms with Crippen LogP contribution in [0.1, 0.15) is 5.56 Å². The molecular formula is C11H12F4O3S. The van der Waals surface area contributed by atoms with Gasteiger partial charge in [-0.1, -0.05) is 12.1 Å². The summed E-state index contributed by atoms with van der Waals surface area (Å²) < 4.78 is 74.7. The zero-order valence-electron chi connectivity index (χ0n) is 9.95. The van der Waals surface area contributed by atoms with E-state index in [2.05, 4.69) is 4.74 Å². The van der Waals surface area contributed by atoms with Crippen molar-refractivity contribution in [1.29, 1.82) is 0 Å². The fourth-order valence-electron chi connectivity index (χ4n) is 1.23. The van der Waals surface area contributed by atoms with Crippen molar-refractivity contribution in [1.82, 2.24) is 0 Å². The number of ether oxygens (including phenoxy) is 1. The molecule has 0 atom stereocenters. The Bertz CT molecular complexity index is 511. The molecule has 1 rings (SSSR count). The van der Waals surface area contributed by atoms with Crippen molar-refractivity contribution in [3.8, 4) is 5.75 Å². The molecule has 0 amide bonds. The normalized spacial score (nSPS) is 12.7. The minimum absolute atomic E-state index is 0.0829. The molecule has 0 radical (unpaired) electrons. The molecule has 19 heavy (non-hydrogen) atoms. The van der Waals surface area contributed by atoms with Crippen LogP contribution in [-0.2, 0) is 16.3 Å². The van der Waals surface area contributed by atoms with Crippen LogP contribution < -0.4 is 4.74 Å². The molecule has 108 valence electrons. The Morgan fingerprint density at radius 2 is 1.74 bits per heavy atom. The summed E-state index contributed by atoms with van der Waals surface area (Å²) in [5, 5.41) is 0. The molecule has 0 bridgehead atoms. The van der Waals surface area contributed by atoms with Crippen LogP contribution in [0.15, 0.2) is 24.3 Å². The van der Waals surface area contributed by atoms with Gasteiger partial charge in [0.1, 0.15) is 15.6 Å². The second-order valence-electron chi connectivity index (χ2n) is 3.99. The number of benzene rings is 1. The Labute approximate surface area is 108 Å². The van der Waals surface area contributed by atoms with Gasteiger partial charge >= 0.3 is 12.5 Å². The first-order valence-electron chi connectivity index (χ1n) is 5.22. The molecule has 0 saturated heterocycles. The first-order valence-corrected chi connectivity index (χ1v) is 7.28. The lowest BCUT2D eigenvalue weighted by Gasteiger charge is -2.16. The van der Waals surface area contributed by atoms with Gasteiger partial charge in [0.05, 0.1) is 5.75 Å².